The van der Waals surface area contributed by atoms with E-state index in [1.165, 1.54) is 19.2 Å². The Balaban J connectivity index is 1.69. The minimum Gasteiger partial charge on any atom is -0.493 e. The monoisotopic (exact) mass is 516 g/mol. The Hall–Kier alpha value is -2.56. The Morgan fingerprint density at radius 1 is 1.24 bits per heavy atom. The molecule has 1 heterocycles. The highest BCUT2D eigenvalue weighted by Crippen LogP contribution is 2.37. The van der Waals surface area contributed by atoms with Crippen molar-refractivity contribution in [2.75, 3.05) is 32.1 Å². The van der Waals surface area contributed by atoms with Gasteiger partial charge in [0.15, 0.2) is 18.1 Å². The van der Waals surface area contributed by atoms with E-state index < -0.39 is 24.3 Å². The van der Waals surface area contributed by atoms with Crippen LogP contribution in [0.1, 0.15) is 25.0 Å². The highest BCUT2D eigenvalue weighted by Gasteiger charge is 2.30. The minimum absolute atomic E-state index is 0.00356. The zero-order chi connectivity index (χ0) is 25.0. The second kappa shape index (κ2) is 10.8. The van der Waals surface area contributed by atoms with Crippen molar-refractivity contribution in [1.82, 2.24) is 4.90 Å². The van der Waals surface area contributed by atoms with Crippen molar-refractivity contribution in [3.63, 3.8) is 0 Å². The highest BCUT2D eigenvalue weighted by atomic mass is 35.5. The number of benzene rings is 2. The first kappa shape index (κ1) is 26.1. The number of halogens is 4. The summed E-state index contributed by atoms with van der Waals surface area (Å²) in [4.78, 5) is 14.9. The van der Waals surface area contributed by atoms with E-state index in [1.54, 1.807) is 12.1 Å². The molecule has 1 amide bonds. The molecule has 1 saturated heterocycles. The molecule has 11 heteroatoms. The molecule has 2 atom stereocenters. The van der Waals surface area contributed by atoms with E-state index in [0.717, 1.165) is 12.1 Å². The second-order valence-electron chi connectivity index (χ2n) is 7.87. The van der Waals surface area contributed by atoms with Crippen molar-refractivity contribution < 1.29 is 32.2 Å². The van der Waals surface area contributed by atoms with Crippen molar-refractivity contribution >= 4 is 40.4 Å². The lowest BCUT2D eigenvalue weighted by molar-refractivity contribution is -0.137. The number of thiocarbonyl (C=S) groups is 1. The van der Waals surface area contributed by atoms with Gasteiger partial charge in [0.25, 0.3) is 5.91 Å². The molecule has 0 saturated carbocycles. The summed E-state index contributed by atoms with van der Waals surface area (Å²) in [7, 11) is 1.42. The summed E-state index contributed by atoms with van der Waals surface area (Å²) in [6.45, 7) is 4.73. The van der Waals surface area contributed by atoms with Gasteiger partial charge in [-0.1, -0.05) is 29.9 Å². The van der Waals surface area contributed by atoms with Crippen LogP contribution in [0.5, 0.6) is 11.5 Å². The first-order chi connectivity index (χ1) is 16.0. The van der Waals surface area contributed by atoms with Crippen LogP contribution < -0.4 is 14.8 Å². The second-order valence-corrected chi connectivity index (χ2v) is 8.67. The van der Waals surface area contributed by atoms with Crippen LogP contribution in [0, 0.1) is 0 Å². The molecule has 184 valence electrons. The van der Waals surface area contributed by atoms with Crippen LogP contribution in [0.15, 0.2) is 36.4 Å². The third kappa shape index (κ3) is 6.52. The fraction of sp³-hybridized carbons (Fsp3) is 0.391. The van der Waals surface area contributed by atoms with Gasteiger partial charge in [-0.25, -0.2) is 0 Å². The fourth-order valence-electron chi connectivity index (χ4n) is 3.62. The van der Waals surface area contributed by atoms with Crippen LogP contribution in [0.25, 0.3) is 0 Å². The summed E-state index contributed by atoms with van der Waals surface area (Å²) in [6, 6.07) is 7.60. The predicted octanol–water partition coefficient (Wildman–Crippen LogP) is 5.17. The van der Waals surface area contributed by atoms with Crippen LogP contribution in [-0.4, -0.2) is 54.8 Å². The third-order valence-electron chi connectivity index (χ3n) is 5.00. The Labute approximate surface area is 205 Å². The zero-order valence-corrected chi connectivity index (χ0v) is 20.3. The van der Waals surface area contributed by atoms with Crippen molar-refractivity contribution in [3.8, 4) is 11.5 Å². The molecule has 1 N–H and O–H groups in total. The first-order valence-corrected chi connectivity index (χ1v) is 11.2. The number of anilines is 1. The number of hydrogen-bond donors (Lipinski definition) is 1. The number of hydrogen-bond acceptors (Lipinski definition) is 5. The van der Waals surface area contributed by atoms with Crippen molar-refractivity contribution in [2.45, 2.75) is 32.2 Å². The molecule has 0 aliphatic carbocycles. The first-order valence-electron chi connectivity index (χ1n) is 10.4. The van der Waals surface area contributed by atoms with Crippen LogP contribution >= 0.6 is 23.8 Å². The summed E-state index contributed by atoms with van der Waals surface area (Å²) in [5, 5.41) is 2.55. The van der Waals surface area contributed by atoms with Gasteiger partial charge in [-0.05, 0) is 44.2 Å². The summed E-state index contributed by atoms with van der Waals surface area (Å²) in [5.41, 5.74) is -0.221. The molecule has 1 fully saturated rings. The van der Waals surface area contributed by atoms with Gasteiger partial charge in [0.05, 0.1) is 29.9 Å². The van der Waals surface area contributed by atoms with E-state index in [1.807, 2.05) is 18.7 Å². The van der Waals surface area contributed by atoms with Crippen LogP contribution in [0.4, 0.5) is 18.9 Å². The van der Waals surface area contributed by atoms with Gasteiger partial charge >= 0.3 is 6.18 Å². The van der Waals surface area contributed by atoms with E-state index in [2.05, 4.69) is 5.32 Å². The maximum atomic E-state index is 12.9. The number of rotatable bonds is 6. The molecule has 0 aromatic heterocycles. The average molecular weight is 517 g/mol. The lowest BCUT2D eigenvalue weighted by Gasteiger charge is -2.37. The Morgan fingerprint density at radius 3 is 2.53 bits per heavy atom. The largest absolute Gasteiger partial charge is 0.493 e. The number of amides is 1. The Bertz CT molecular complexity index is 1060. The molecule has 0 bridgehead atoms. The number of methoxy groups -OCH3 is 1. The topological polar surface area (TPSA) is 60.0 Å². The number of carbonyl (C=O) groups excluding carboxylic acids is 1. The standard InChI is InChI=1S/C23H24ClF3N2O4S/c1-13-10-29(11-14(2)33-13)22(34)15-7-18(24)21(19(8-15)31-3)32-12-20(30)28-17-6-4-5-16(9-17)23(25,26)27/h4-9,13-14H,10-12H2,1-3H3,(H,28,30)/t13-,14-/m0/s1. The molecule has 6 nitrogen and oxygen atoms in total. The number of morpholine rings is 1. The summed E-state index contributed by atoms with van der Waals surface area (Å²) in [5.74, 6) is -0.266. The van der Waals surface area contributed by atoms with Crippen LogP contribution in [0.2, 0.25) is 5.02 Å². The molecule has 0 unspecified atom stereocenters. The number of alkyl halides is 3. The van der Waals surface area contributed by atoms with Gasteiger partial charge in [-0.3, -0.25) is 4.79 Å². The minimum atomic E-state index is -4.52. The third-order valence-corrected chi connectivity index (χ3v) is 5.78. The van der Waals surface area contributed by atoms with Gasteiger partial charge in [-0.2, -0.15) is 13.2 Å². The molecule has 0 spiro atoms. The van der Waals surface area contributed by atoms with E-state index >= 15 is 0 Å². The lowest BCUT2D eigenvalue weighted by atomic mass is 10.1. The molecule has 1 aliphatic heterocycles. The molecular formula is C23H24ClF3N2O4S. The van der Waals surface area contributed by atoms with Gasteiger partial charge in [0.1, 0.15) is 4.99 Å². The molecule has 0 radical (unpaired) electrons. The van der Waals surface area contributed by atoms with Crippen molar-refractivity contribution in [3.05, 3.63) is 52.5 Å². The maximum Gasteiger partial charge on any atom is 0.416 e. The molecule has 34 heavy (non-hydrogen) atoms. The van der Waals surface area contributed by atoms with E-state index in [0.29, 0.717) is 23.6 Å². The SMILES string of the molecule is COc1cc(C(=S)N2C[C@H](C)O[C@@H](C)C2)cc(Cl)c1OCC(=O)Nc1cccc(C(F)(F)F)c1. The summed E-state index contributed by atoms with van der Waals surface area (Å²) < 4.78 is 55.3. The smallest absolute Gasteiger partial charge is 0.416 e. The van der Waals surface area contributed by atoms with Crippen molar-refractivity contribution in [2.24, 2.45) is 0 Å². The van der Waals surface area contributed by atoms with Gasteiger partial charge in [-0.15, -0.1) is 0 Å². The zero-order valence-electron chi connectivity index (χ0n) is 18.7. The van der Waals surface area contributed by atoms with Gasteiger partial charge in [0.2, 0.25) is 0 Å². The number of ether oxygens (including phenoxy) is 3. The fourth-order valence-corrected chi connectivity index (χ4v) is 4.15. The molecule has 3 rings (SSSR count). The van der Waals surface area contributed by atoms with Crippen LogP contribution in [-0.2, 0) is 15.7 Å². The quantitative estimate of drug-likeness (QED) is 0.535. The predicted molar refractivity (Wildman–Crippen MR) is 127 cm³/mol. The van der Waals surface area contributed by atoms with Crippen molar-refractivity contribution in [1.29, 1.82) is 0 Å². The average Bonchev–Trinajstić information content (AvgIpc) is 2.76. The normalized spacial score (nSPS) is 18.4. The molecule has 2 aromatic rings. The summed E-state index contributed by atoms with van der Waals surface area (Å²) in [6.07, 6.45) is -4.47. The van der Waals surface area contributed by atoms with Gasteiger partial charge < -0.3 is 24.4 Å². The number of nitrogens with zero attached hydrogens (tertiary/aromatic N) is 1. The molecular weight excluding hydrogens is 493 g/mol. The summed E-state index contributed by atoms with van der Waals surface area (Å²) >= 11 is 12.0. The van der Waals surface area contributed by atoms with E-state index in [9.17, 15) is 18.0 Å². The Kier molecular flexibility index (Phi) is 8.27. The maximum absolute atomic E-state index is 12.9. The van der Waals surface area contributed by atoms with Crippen LogP contribution in [0.3, 0.4) is 0 Å². The molecule has 1 aliphatic rings. The number of nitrogens with one attached hydrogen (secondary N) is 1. The number of carbonyl (C=O) groups is 1. The molecule has 2 aromatic carbocycles. The van der Waals surface area contributed by atoms with Gasteiger partial charge in [0, 0.05) is 24.3 Å². The lowest BCUT2D eigenvalue weighted by Crippen LogP contribution is -2.47. The van der Waals surface area contributed by atoms with E-state index in [-0.39, 0.29) is 34.4 Å². The Morgan fingerprint density at radius 2 is 1.91 bits per heavy atom. The van der Waals surface area contributed by atoms with E-state index in [4.69, 9.17) is 38.0 Å². The highest BCUT2D eigenvalue weighted by molar-refractivity contribution is 7.80.